The Bertz CT molecular complexity index is 641. The second-order valence-corrected chi connectivity index (χ2v) is 5.28. The fourth-order valence-corrected chi connectivity index (χ4v) is 2.63. The van der Waals surface area contributed by atoms with Crippen LogP contribution < -0.4 is 10.6 Å². The minimum atomic E-state index is 0.303. The molecule has 3 rings (SSSR count). The van der Waals surface area contributed by atoms with Crippen LogP contribution in [0, 0.1) is 0 Å². The molecular weight excluding hydrogens is 268 g/mol. The van der Waals surface area contributed by atoms with E-state index in [0.717, 1.165) is 19.4 Å². The third-order valence-corrected chi connectivity index (χ3v) is 3.71. The number of aromatic nitrogens is 2. The van der Waals surface area contributed by atoms with Crippen LogP contribution in [0.5, 0.6) is 0 Å². The maximum atomic E-state index is 5.66. The molecule has 20 heavy (non-hydrogen) atoms. The molecule has 1 aliphatic rings. The molecule has 102 valence electrons. The SMILES string of the molecule is NC(=S)c1ccnc(N2CCCCc3ccccc32)n1. The Morgan fingerprint density at radius 2 is 2.05 bits per heavy atom. The molecule has 5 heteroatoms. The van der Waals surface area contributed by atoms with E-state index >= 15 is 0 Å². The first-order chi connectivity index (χ1) is 9.75. The standard InChI is InChI=1S/C15H16N4S/c16-14(20)12-8-9-17-15(18-12)19-10-4-3-6-11-5-1-2-7-13(11)19/h1-2,5,7-9H,3-4,6,10H2,(H2,16,20). The molecule has 1 aromatic carbocycles. The van der Waals surface area contributed by atoms with E-state index in [-0.39, 0.29) is 0 Å². The first kappa shape index (κ1) is 13.0. The molecule has 0 unspecified atom stereocenters. The first-order valence-corrected chi connectivity index (χ1v) is 7.15. The van der Waals surface area contributed by atoms with E-state index in [4.69, 9.17) is 18.0 Å². The van der Waals surface area contributed by atoms with E-state index in [9.17, 15) is 0 Å². The maximum Gasteiger partial charge on any atom is 0.230 e. The van der Waals surface area contributed by atoms with Crippen molar-refractivity contribution in [2.45, 2.75) is 19.3 Å². The Labute approximate surface area is 123 Å². The van der Waals surface area contributed by atoms with Crippen molar-refractivity contribution in [2.24, 2.45) is 5.73 Å². The molecule has 0 atom stereocenters. The van der Waals surface area contributed by atoms with Crippen molar-refractivity contribution >= 4 is 28.8 Å². The number of hydrogen-bond acceptors (Lipinski definition) is 4. The van der Waals surface area contributed by atoms with Gasteiger partial charge in [0.25, 0.3) is 0 Å². The smallest absolute Gasteiger partial charge is 0.230 e. The van der Waals surface area contributed by atoms with E-state index in [2.05, 4.69) is 39.1 Å². The molecule has 2 heterocycles. The quantitative estimate of drug-likeness (QED) is 0.859. The molecule has 2 N–H and O–H groups in total. The number of rotatable bonds is 2. The molecule has 0 spiro atoms. The third kappa shape index (κ3) is 2.49. The summed E-state index contributed by atoms with van der Waals surface area (Å²) in [6, 6.07) is 10.2. The Hall–Kier alpha value is -2.01. The van der Waals surface area contributed by atoms with Gasteiger partial charge >= 0.3 is 0 Å². The van der Waals surface area contributed by atoms with E-state index in [0.29, 0.717) is 16.6 Å². The van der Waals surface area contributed by atoms with Gasteiger partial charge < -0.3 is 10.6 Å². The van der Waals surface area contributed by atoms with Gasteiger partial charge in [0.05, 0.1) is 0 Å². The molecule has 1 aliphatic heterocycles. The number of nitrogens with two attached hydrogens (primary N) is 1. The fourth-order valence-electron chi connectivity index (χ4n) is 2.51. The number of benzene rings is 1. The number of fused-ring (bicyclic) bond motifs is 1. The van der Waals surface area contributed by atoms with E-state index in [1.54, 1.807) is 12.3 Å². The second-order valence-electron chi connectivity index (χ2n) is 4.84. The normalized spacial score (nSPS) is 14.5. The monoisotopic (exact) mass is 284 g/mol. The highest BCUT2D eigenvalue weighted by Crippen LogP contribution is 2.30. The molecular formula is C15H16N4S. The van der Waals surface area contributed by atoms with Crippen LogP contribution in [0.4, 0.5) is 11.6 Å². The predicted octanol–water partition coefficient (Wildman–Crippen LogP) is 2.59. The summed E-state index contributed by atoms with van der Waals surface area (Å²) < 4.78 is 0. The zero-order valence-corrected chi connectivity index (χ0v) is 11.9. The average molecular weight is 284 g/mol. The molecule has 0 bridgehead atoms. The molecule has 0 saturated carbocycles. The van der Waals surface area contributed by atoms with Crippen molar-refractivity contribution in [3.63, 3.8) is 0 Å². The zero-order chi connectivity index (χ0) is 13.9. The fraction of sp³-hybridized carbons (Fsp3) is 0.267. The molecule has 0 saturated heterocycles. The van der Waals surface area contributed by atoms with Crippen molar-refractivity contribution in [2.75, 3.05) is 11.4 Å². The van der Waals surface area contributed by atoms with Gasteiger partial charge in [-0.05, 0) is 37.0 Å². The highest BCUT2D eigenvalue weighted by Gasteiger charge is 2.18. The molecule has 1 aromatic heterocycles. The summed E-state index contributed by atoms with van der Waals surface area (Å²) in [6.45, 7) is 0.914. The average Bonchev–Trinajstić information content (AvgIpc) is 2.69. The van der Waals surface area contributed by atoms with Crippen LogP contribution in [-0.2, 0) is 6.42 Å². The summed E-state index contributed by atoms with van der Waals surface area (Å²) in [7, 11) is 0. The van der Waals surface area contributed by atoms with Gasteiger partial charge in [-0.15, -0.1) is 0 Å². The van der Waals surface area contributed by atoms with Crippen molar-refractivity contribution in [1.29, 1.82) is 0 Å². The highest BCUT2D eigenvalue weighted by molar-refractivity contribution is 7.80. The van der Waals surface area contributed by atoms with Gasteiger partial charge in [0.2, 0.25) is 5.95 Å². The number of hydrogen-bond donors (Lipinski definition) is 1. The largest absolute Gasteiger partial charge is 0.388 e. The van der Waals surface area contributed by atoms with E-state index in [1.807, 2.05) is 0 Å². The van der Waals surface area contributed by atoms with Gasteiger partial charge in [0.1, 0.15) is 10.7 Å². The lowest BCUT2D eigenvalue weighted by atomic mass is 10.1. The molecule has 2 aromatic rings. The maximum absolute atomic E-state index is 5.66. The number of aryl methyl sites for hydroxylation is 1. The highest BCUT2D eigenvalue weighted by atomic mass is 32.1. The van der Waals surface area contributed by atoms with Crippen LogP contribution in [-0.4, -0.2) is 21.5 Å². The Morgan fingerprint density at radius 3 is 2.90 bits per heavy atom. The van der Waals surface area contributed by atoms with Crippen LogP contribution >= 0.6 is 12.2 Å². The summed E-state index contributed by atoms with van der Waals surface area (Å²) in [6.07, 6.45) is 5.11. The van der Waals surface area contributed by atoms with Crippen LogP contribution in [0.2, 0.25) is 0 Å². The van der Waals surface area contributed by atoms with Gasteiger partial charge in [0.15, 0.2) is 0 Å². The lowest BCUT2D eigenvalue weighted by Crippen LogP contribution is -2.22. The molecule has 4 nitrogen and oxygen atoms in total. The lowest BCUT2D eigenvalue weighted by Gasteiger charge is -2.22. The van der Waals surface area contributed by atoms with Crippen molar-refractivity contribution in [3.8, 4) is 0 Å². The van der Waals surface area contributed by atoms with Crippen molar-refractivity contribution in [1.82, 2.24) is 9.97 Å². The van der Waals surface area contributed by atoms with Gasteiger partial charge in [-0.1, -0.05) is 30.4 Å². The van der Waals surface area contributed by atoms with Gasteiger partial charge in [-0.3, -0.25) is 0 Å². The summed E-state index contributed by atoms with van der Waals surface area (Å²) in [5.41, 5.74) is 8.80. The Morgan fingerprint density at radius 1 is 1.20 bits per heavy atom. The Kier molecular flexibility index (Phi) is 3.60. The van der Waals surface area contributed by atoms with Crippen LogP contribution in [0.15, 0.2) is 36.5 Å². The van der Waals surface area contributed by atoms with E-state index < -0.39 is 0 Å². The summed E-state index contributed by atoms with van der Waals surface area (Å²) in [5.74, 6) is 0.671. The number of thiocarbonyl (C=S) groups is 1. The summed E-state index contributed by atoms with van der Waals surface area (Å²) >= 11 is 5.00. The summed E-state index contributed by atoms with van der Waals surface area (Å²) in [4.78, 5) is 11.3. The molecule has 0 radical (unpaired) electrons. The van der Waals surface area contributed by atoms with Crippen molar-refractivity contribution in [3.05, 3.63) is 47.8 Å². The Balaban J connectivity index is 2.05. The number of anilines is 2. The van der Waals surface area contributed by atoms with Gasteiger partial charge in [0, 0.05) is 18.4 Å². The van der Waals surface area contributed by atoms with Crippen LogP contribution in [0.3, 0.4) is 0 Å². The minimum Gasteiger partial charge on any atom is -0.388 e. The molecule has 0 amide bonds. The lowest BCUT2D eigenvalue weighted by molar-refractivity contribution is 0.753. The molecule has 0 fully saturated rings. The number of nitrogens with zero attached hydrogens (tertiary/aromatic N) is 3. The van der Waals surface area contributed by atoms with Gasteiger partial charge in [-0.25, -0.2) is 9.97 Å². The molecule has 0 aliphatic carbocycles. The zero-order valence-electron chi connectivity index (χ0n) is 11.1. The predicted molar refractivity (Wildman–Crippen MR) is 84.3 cm³/mol. The summed E-state index contributed by atoms with van der Waals surface area (Å²) in [5, 5.41) is 0. The van der Waals surface area contributed by atoms with Crippen molar-refractivity contribution < 1.29 is 0 Å². The minimum absolute atomic E-state index is 0.303. The van der Waals surface area contributed by atoms with Crippen LogP contribution in [0.25, 0.3) is 0 Å². The van der Waals surface area contributed by atoms with Crippen LogP contribution in [0.1, 0.15) is 24.1 Å². The topological polar surface area (TPSA) is 55.0 Å². The second kappa shape index (κ2) is 5.54. The number of para-hydroxylation sites is 1. The van der Waals surface area contributed by atoms with E-state index in [1.165, 1.54) is 17.7 Å². The first-order valence-electron chi connectivity index (χ1n) is 6.74. The van der Waals surface area contributed by atoms with Gasteiger partial charge in [-0.2, -0.15) is 0 Å². The third-order valence-electron chi connectivity index (χ3n) is 3.50.